The van der Waals surface area contributed by atoms with Gasteiger partial charge in [0.2, 0.25) is 11.8 Å². The number of hydrogen-bond donors (Lipinski definition) is 1. The minimum Gasteiger partial charge on any atom is -0.497 e. The Labute approximate surface area is 179 Å². The van der Waals surface area contributed by atoms with Crippen LogP contribution in [-0.4, -0.2) is 50.1 Å². The number of nitrogens with zero attached hydrogens (tertiary/aromatic N) is 1. The first-order chi connectivity index (χ1) is 14.6. The fraction of sp³-hybridized carbons (Fsp3) is 0.417. The number of rotatable bonds is 12. The lowest BCUT2D eigenvalue weighted by Gasteiger charge is -2.30. The number of methoxy groups -OCH3 is 1. The molecule has 0 saturated carbocycles. The van der Waals surface area contributed by atoms with E-state index in [2.05, 4.69) is 5.32 Å². The smallest absolute Gasteiger partial charge is 0.242 e. The molecular weight excluding hydrogens is 380 g/mol. The van der Waals surface area contributed by atoms with E-state index in [4.69, 9.17) is 9.47 Å². The molecule has 0 aliphatic carbocycles. The van der Waals surface area contributed by atoms with Gasteiger partial charge < -0.3 is 19.7 Å². The molecule has 2 aromatic rings. The van der Waals surface area contributed by atoms with Gasteiger partial charge in [-0.25, -0.2) is 0 Å². The van der Waals surface area contributed by atoms with Crippen molar-refractivity contribution in [3.8, 4) is 11.5 Å². The van der Waals surface area contributed by atoms with E-state index < -0.39 is 6.04 Å². The van der Waals surface area contributed by atoms with Gasteiger partial charge in [0.25, 0.3) is 0 Å². The standard InChI is InChI=1S/C24H32N2O4/c1-4-22(24(28)25-2)26(17-16-19-9-6-5-7-10-19)23(27)11-8-18-30-21-14-12-20(29-3)13-15-21/h5-7,9-10,12-15,22H,4,8,11,16-18H2,1-3H3,(H,25,28). The third kappa shape index (κ3) is 7.10. The Morgan fingerprint density at radius 2 is 1.70 bits per heavy atom. The first kappa shape index (κ1) is 23.3. The summed E-state index contributed by atoms with van der Waals surface area (Å²) >= 11 is 0. The highest BCUT2D eigenvalue weighted by atomic mass is 16.5. The zero-order valence-electron chi connectivity index (χ0n) is 18.1. The van der Waals surface area contributed by atoms with Gasteiger partial charge in [-0.1, -0.05) is 37.3 Å². The second-order valence-electron chi connectivity index (χ2n) is 6.99. The number of benzene rings is 2. The summed E-state index contributed by atoms with van der Waals surface area (Å²) in [4.78, 5) is 27.0. The minimum absolute atomic E-state index is 0.0280. The van der Waals surface area contributed by atoms with Crippen molar-refractivity contribution in [2.45, 2.75) is 38.6 Å². The van der Waals surface area contributed by atoms with Crippen molar-refractivity contribution in [2.75, 3.05) is 27.3 Å². The summed E-state index contributed by atoms with van der Waals surface area (Å²) in [6, 6.07) is 16.9. The summed E-state index contributed by atoms with van der Waals surface area (Å²) in [6.45, 7) is 2.87. The SMILES string of the molecule is CCC(C(=O)NC)N(CCc1ccccc1)C(=O)CCCOc1ccc(OC)cc1. The second-order valence-corrected chi connectivity index (χ2v) is 6.99. The molecule has 0 aliphatic heterocycles. The lowest BCUT2D eigenvalue weighted by atomic mass is 10.1. The molecule has 2 amide bonds. The molecule has 0 bridgehead atoms. The van der Waals surface area contributed by atoms with Gasteiger partial charge in [0.1, 0.15) is 17.5 Å². The van der Waals surface area contributed by atoms with Crippen LogP contribution >= 0.6 is 0 Å². The molecule has 1 atom stereocenters. The summed E-state index contributed by atoms with van der Waals surface area (Å²) in [5, 5.41) is 2.68. The molecule has 0 fully saturated rings. The van der Waals surface area contributed by atoms with Crippen LogP contribution in [0.4, 0.5) is 0 Å². The molecule has 0 saturated heterocycles. The maximum Gasteiger partial charge on any atom is 0.242 e. The maximum atomic E-state index is 13.0. The first-order valence-corrected chi connectivity index (χ1v) is 10.4. The van der Waals surface area contributed by atoms with E-state index in [1.54, 1.807) is 19.1 Å². The zero-order valence-corrected chi connectivity index (χ0v) is 18.1. The van der Waals surface area contributed by atoms with Crippen molar-refractivity contribution in [1.82, 2.24) is 10.2 Å². The van der Waals surface area contributed by atoms with E-state index in [0.29, 0.717) is 38.8 Å². The third-order valence-electron chi connectivity index (χ3n) is 4.98. The number of amides is 2. The van der Waals surface area contributed by atoms with E-state index in [1.807, 2.05) is 61.5 Å². The Balaban J connectivity index is 1.92. The third-order valence-corrected chi connectivity index (χ3v) is 4.98. The summed E-state index contributed by atoms with van der Waals surface area (Å²) in [5.74, 6) is 1.35. The number of ether oxygens (including phenoxy) is 2. The van der Waals surface area contributed by atoms with Crippen molar-refractivity contribution >= 4 is 11.8 Å². The Kier molecular flexibility index (Phi) is 9.71. The first-order valence-electron chi connectivity index (χ1n) is 10.4. The Hall–Kier alpha value is -3.02. The number of carbonyl (C=O) groups is 2. The zero-order chi connectivity index (χ0) is 21.8. The summed E-state index contributed by atoms with van der Waals surface area (Å²) < 4.78 is 10.8. The van der Waals surface area contributed by atoms with Gasteiger partial charge >= 0.3 is 0 Å². The van der Waals surface area contributed by atoms with Crippen molar-refractivity contribution in [2.24, 2.45) is 0 Å². The molecule has 0 radical (unpaired) electrons. The lowest BCUT2D eigenvalue weighted by molar-refractivity contribution is -0.140. The van der Waals surface area contributed by atoms with Gasteiger partial charge in [-0.05, 0) is 49.1 Å². The largest absolute Gasteiger partial charge is 0.497 e. The highest BCUT2D eigenvalue weighted by molar-refractivity contribution is 5.87. The van der Waals surface area contributed by atoms with Gasteiger partial charge in [-0.3, -0.25) is 9.59 Å². The van der Waals surface area contributed by atoms with Crippen molar-refractivity contribution in [1.29, 1.82) is 0 Å². The van der Waals surface area contributed by atoms with E-state index in [1.165, 1.54) is 0 Å². The fourth-order valence-electron chi connectivity index (χ4n) is 3.29. The maximum absolute atomic E-state index is 13.0. The van der Waals surface area contributed by atoms with Gasteiger partial charge in [-0.2, -0.15) is 0 Å². The van der Waals surface area contributed by atoms with E-state index in [-0.39, 0.29) is 11.8 Å². The molecule has 6 nitrogen and oxygen atoms in total. The molecule has 0 aliphatic rings. The van der Waals surface area contributed by atoms with Crippen LogP contribution in [0, 0.1) is 0 Å². The molecule has 162 valence electrons. The Morgan fingerprint density at radius 1 is 1.03 bits per heavy atom. The minimum atomic E-state index is -0.464. The Morgan fingerprint density at radius 3 is 2.30 bits per heavy atom. The monoisotopic (exact) mass is 412 g/mol. The second kappa shape index (κ2) is 12.5. The molecular formula is C24H32N2O4. The van der Waals surface area contributed by atoms with Crippen LogP contribution in [0.25, 0.3) is 0 Å². The molecule has 1 N–H and O–H groups in total. The van der Waals surface area contributed by atoms with E-state index in [0.717, 1.165) is 17.1 Å². The predicted octanol–water partition coefficient (Wildman–Crippen LogP) is 3.45. The molecule has 6 heteroatoms. The van der Waals surface area contributed by atoms with Gasteiger partial charge in [0.05, 0.1) is 13.7 Å². The van der Waals surface area contributed by atoms with Crippen molar-refractivity contribution in [3.05, 3.63) is 60.2 Å². The summed E-state index contributed by atoms with van der Waals surface area (Å²) in [6.07, 6.45) is 2.19. The quantitative estimate of drug-likeness (QED) is 0.542. The van der Waals surface area contributed by atoms with Gasteiger partial charge in [-0.15, -0.1) is 0 Å². The molecule has 1 unspecified atom stereocenters. The normalized spacial score (nSPS) is 11.4. The van der Waals surface area contributed by atoms with Gasteiger partial charge in [0.15, 0.2) is 0 Å². The highest BCUT2D eigenvalue weighted by Crippen LogP contribution is 2.17. The Bertz CT molecular complexity index is 778. The summed E-state index contributed by atoms with van der Waals surface area (Å²) in [5.41, 5.74) is 1.14. The molecule has 30 heavy (non-hydrogen) atoms. The van der Waals surface area contributed by atoms with Crippen LogP contribution in [0.1, 0.15) is 31.7 Å². The lowest BCUT2D eigenvalue weighted by Crippen LogP contribution is -2.49. The van der Waals surface area contributed by atoms with E-state index in [9.17, 15) is 9.59 Å². The molecule has 0 aromatic heterocycles. The van der Waals surface area contributed by atoms with E-state index >= 15 is 0 Å². The highest BCUT2D eigenvalue weighted by Gasteiger charge is 2.27. The molecule has 2 aromatic carbocycles. The van der Waals surface area contributed by atoms with Crippen molar-refractivity contribution < 1.29 is 19.1 Å². The van der Waals surface area contributed by atoms with Crippen LogP contribution in [0.15, 0.2) is 54.6 Å². The fourth-order valence-corrected chi connectivity index (χ4v) is 3.29. The molecule has 0 heterocycles. The van der Waals surface area contributed by atoms with Crippen LogP contribution in [0.2, 0.25) is 0 Å². The number of carbonyl (C=O) groups excluding carboxylic acids is 2. The van der Waals surface area contributed by atoms with Crippen molar-refractivity contribution in [3.63, 3.8) is 0 Å². The van der Waals surface area contributed by atoms with Crippen LogP contribution in [0.5, 0.6) is 11.5 Å². The van der Waals surface area contributed by atoms with Gasteiger partial charge in [0, 0.05) is 20.0 Å². The average molecular weight is 413 g/mol. The molecule has 2 rings (SSSR count). The number of hydrogen-bond acceptors (Lipinski definition) is 4. The van der Waals surface area contributed by atoms with Crippen LogP contribution < -0.4 is 14.8 Å². The topological polar surface area (TPSA) is 67.9 Å². The number of likely N-dealkylation sites (N-methyl/N-ethyl adjacent to an activating group) is 1. The summed E-state index contributed by atoms with van der Waals surface area (Å²) in [7, 11) is 3.22. The average Bonchev–Trinajstić information content (AvgIpc) is 2.79. The predicted molar refractivity (Wildman–Crippen MR) is 118 cm³/mol. The van der Waals surface area contributed by atoms with Crippen LogP contribution in [-0.2, 0) is 16.0 Å². The molecule has 0 spiro atoms. The van der Waals surface area contributed by atoms with Crippen LogP contribution in [0.3, 0.4) is 0 Å². The number of nitrogens with one attached hydrogen (secondary N) is 1.